The van der Waals surface area contributed by atoms with Crippen LogP contribution in [0.1, 0.15) is 72.6 Å². The number of hydrogen-bond acceptors (Lipinski definition) is 3. The first-order valence-corrected chi connectivity index (χ1v) is 10.8. The molecule has 4 nitrogen and oxygen atoms in total. The number of esters is 1. The standard InChI is InChI=1S/C25H29BF2N2O2/c1-8-20-14(3)23(29-16(20)5)22(18-10-12-19(13-11-18)25(31)32-7)24-15(4)21(9-2)17(6)30(24)26(27)28/h10-13H,8-9H2,1-7H3/b23-22-. The third-order valence-corrected chi connectivity index (χ3v) is 6.34. The Morgan fingerprint density at radius 2 is 1.62 bits per heavy atom. The second-order valence-corrected chi connectivity index (χ2v) is 7.99. The number of halogens is 2. The van der Waals surface area contributed by atoms with Gasteiger partial charge in [-0.25, -0.2) is 4.79 Å². The van der Waals surface area contributed by atoms with Crippen LogP contribution in [0.25, 0.3) is 5.57 Å². The molecule has 7 heteroatoms. The number of ether oxygens (including phenoxy) is 1. The summed E-state index contributed by atoms with van der Waals surface area (Å²) in [6.07, 6.45) is 1.47. The van der Waals surface area contributed by atoms with Gasteiger partial charge in [0.2, 0.25) is 0 Å². The molecular weight excluding hydrogens is 409 g/mol. The Bertz CT molecular complexity index is 1160. The number of nitrogens with zero attached hydrogens (tertiary/aromatic N) is 2. The molecule has 0 unspecified atom stereocenters. The Morgan fingerprint density at radius 1 is 1.03 bits per heavy atom. The molecule has 0 amide bonds. The lowest BCUT2D eigenvalue weighted by Gasteiger charge is -2.17. The molecule has 0 spiro atoms. The van der Waals surface area contributed by atoms with E-state index in [0.717, 1.165) is 44.4 Å². The quantitative estimate of drug-likeness (QED) is 0.399. The molecule has 3 rings (SSSR count). The molecule has 0 saturated carbocycles. The van der Waals surface area contributed by atoms with Crippen LogP contribution in [-0.4, -0.2) is 30.7 Å². The minimum atomic E-state index is -2.68. The molecule has 1 aromatic carbocycles. The fourth-order valence-electron chi connectivity index (χ4n) is 4.76. The first-order valence-electron chi connectivity index (χ1n) is 10.8. The van der Waals surface area contributed by atoms with Gasteiger partial charge in [-0.2, -0.15) is 0 Å². The summed E-state index contributed by atoms with van der Waals surface area (Å²) in [7, 11) is -1.36. The Hall–Kier alpha value is -2.96. The van der Waals surface area contributed by atoms with Crippen LogP contribution >= 0.6 is 0 Å². The number of hydrogen-bond donors (Lipinski definition) is 0. The maximum atomic E-state index is 14.3. The van der Waals surface area contributed by atoms with Crippen LogP contribution in [0.15, 0.2) is 46.1 Å². The molecule has 1 aliphatic rings. The zero-order chi connectivity index (χ0) is 23.7. The van der Waals surface area contributed by atoms with Gasteiger partial charge in [0.15, 0.2) is 0 Å². The molecule has 0 fully saturated rings. The molecule has 32 heavy (non-hydrogen) atoms. The van der Waals surface area contributed by atoms with Gasteiger partial charge in [-0.1, -0.05) is 26.0 Å². The van der Waals surface area contributed by atoms with Crippen LogP contribution in [0, 0.1) is 13.8 Å². The minimum Gasteiger partial charge on any atom is -0.465 e. The number of methoxy groups -OCH3 is 1. The van der Waals surface area contributed by atoms with Gasteiger partial charge < -0.3 is 9.21 Å². The maximum absolute atomic E-state index is 14.3. The maximum Gasteiger partial charge on any atom is 0.677 e. The first-order chi connectivity index (χ1) is 15.2. The lowest BCUT2D eigenvalue weighted by Crippen LogP contribution is -2.18. The predicted molar refractivity (Wildman–Crippen MR) is 127 cm³/mol. The monoisotopic (exact) mass is 438 g/mol. The molecule has 0 radical (unpaired) electrons. The van der Waals surface area contributed by atoms with Crippen LogP contribution in [0.3, 0.4) is 0 Å². The van der Waals surface area contributed by atoms with Gasteiger partial charge in [0.05, 0.1) is 18.4 Å². The van der Waals surface area contributed by atoms with E-state index in [-0.39, 0.29) is 0 Å². The van der Waals surface area contributed by atoms with E-state index in [1.54, 1.807) is 31.2 Å². The van der Waals surface area contributed by atoms with E-state index in [2.05, 4.69) is 6.92 Å². The second-order valence-electron chi connectivity index (χ2n) is 7.99. The summed E-state index contributed by atoms with van der Waals surface area (Å²) in [6, 6.07) is 6.87. The van der Waals surface area contributed by atoms with Crippen molar-refractivity contribution in [2.45, 2.75) is 54.4 Å². The van der Waals surface area contributed by atoms with Crippen LogP contribution in [0.2, 0.25) is 0 Å². The molecule has 0 bridgehead atoms. The summed E-state index contributed by atoms with van der Waals surface area (Å²) in [4.78, 5) is 16.7. The minimum absolute atomic E-state index is 0.402. The Kier molecular flexibility index (Phi) is 6.87. The number of benzene rings is 1. The summed E-state index contributed by atoms with van der Waals surface area (Å²) in [6.45, 7) is 11.6. The van der Waals surface area contributed by atoms with Gasteiger partial charge >= 0.3 is 13.4 Å². The Balaban J connectivity index is 2.42. The lowest BCUT2D eigenvalue weighted by atomic mass is 9.92. The van der Waals surface area contributed by atoms with E-state index in [4.69, 9.17) is 9.73 Å². The van der Waals surface area contributed by atoms with Crippen LogP contribution in [0.5, 0.6) is 0 Å². The zero-order valence-corrected chi connectivity index (χ0v) is 19.8. The third kappa shape index (κ3) is 3.85. The molecule has 168 valence electrons. The van der Waals surface area contributed by atoms with Gasteiger partial charge in [-0.3, -0.25) is 13.6 Å². The molecule has 0 atom stereocenters. The summed E-state index contributed by atoms with van der Waals surface area (Å²) in [5.74, 6) is -0.443. The van der Waals surface area contributed by atoms with E-state index in [1.165, 1.54) is 7.11 Å². The van der Waals surface area contributed by atoms with Crippen molar-refractivity contribution in [3.63, 3.8) is 0 Å². The Labute approximate surface area is 188 Å². The highest BCUT2D eigenvalue weighted by Gasteiger charge is 2.32. The number of aliphatic imine (C=N–C) groups is 1. The highest BCUT2D eigenvalue weighted by atomic mass is 19.2. The van der Waals surface area contributed by atoms with E-state index in [0.29, 0.717) is 34.6 Å². The van der Waals surface area contributed by atoms with Gasteiger partial charge in [0, 0.05) is 22.7 Å². The number of rotatable bonds is 6. The van der Waals surface area contributed by atoms with Crippen molar-refractivity contribution < 1.29 is 18.2 Å². The molecule has 0 saturated heterocycles. The van der Waals surface area contributed by atoms with E-state index in [1.807, 2.05) is 27.7 Å². The highest BCUT2D eigenvalue weighted by molar-refractivity contribution is 6.41. The number of carbonyl (C=O) groups excluding carboxylic acids is 1. The average Bonchev–Trinajstić information content (AvgIpc) is 3.19. The van der Waals surface area contributed by atoms with Crippen molar-refractivity contribution in [2.75, 3.05) is 7.11 Å². The van der Waals surface area contributed by atoms with Crippen LogP contribution in [0.4, 0.5) is 8.63 Å². The molecule has 1 aromatic heterocycles. The molecule has 0 N–H and O–H groups in total. The van der Waals surface area contributed by atoms with Crippen molar-refractivity contribution >= 4 is 24.7 Å². The largest absolute Gasteiger partial charge is 0.677 e. The zero-order valence-electron chi connectivity index (χ0n) is 19.8. The van der Waals surface area contributed by atoms with Gasteiger partial charge in [0.25, 0.3) is 0 Å². The molecule has 0 aliphatic carbocycles. The number of allylic oxidation sites excluding steroid dienone is 2. The van der Waals surface area contributed by atoms with Crippen molar-refractivity contribution in [3.8, 4) is 0 Å². The van der Waals surface area contributed by atoms with Crippen LogP contribution < -0.4 is 0 Å². The van der Waals surface area contributed by atoms with Crippen molar-refractivity contribution in [1.82, 2.24) is 4.48 Å². The summed E-state index contributed by atoms with van der Waals surface area (Å²) < 4.78 is 34.6. The summed E-state index contributed by atoms with van der Waals surface area (Å²) in [5, 5.41) is 0. The third-order valence-electron chi connectivity index (χ3n) is 6.34. The molecule has 1 aliphatic heterocycles. The molecule has 2 aromatic rings. The molecular formula is C25H29BF2N2O2. The van der Waals surface area contributed by atoms with Gasteiger partial charge in [0.1, 0.15) is 0 Å². The van der Waals surface area contributed by atoms with Gasteiger partial charge in [-0.05, 0) is 80.5 Å². The fraction of sp³-hybridized carbons (Fsp3) is 0.360. The highest BCUT2D eigenvalue weighted by Crippen LogP contribution is 2.40. The average molecular weight is 438 g/mol. The first kappa shape index (κ1) is 23.7. The smallest absolute Gasteiger partial charge is 0.465 e. The fourth-order valence-corrected chi connectivity index (χ4v) is 4.76. The van der Waals surface area contributed by atoms with Crippen molar-refractivity contribution in [1.29, 1.82) is 0 Å². The van der Waals surface area contributed by atoms with E-state index < -0.39 is 13.4 Å². The summed E-state index contributed by atoms with van der Waals surface area (Å²) >= 11 is 0. The topological polar surface area (TPSA) is 43.6 Å². The SMILES string of the molecule is CCC1=C(C)/C(=C(\c2ccc(C(=O)OC)cc2)c2c(C)c(CC)c(C)n2B(F)F)N=C1C. The molecule has 2 heterocycles. The van der Waals surface area contributed by atoms with Crippen molar-refractivity contribution in [3.05, 3.63) is 74.8 Å². The van der Waals surface area contributed by atoms with Crippen molar-refractivity contribution in [2.24, 2.45) is 4.99 Å². The lowest BCUT2D eigenvalue weighted by molar-refractivity contribution is 0.0600. The normalized spacial score (nSPS) is 15.2. The number of carbonyl (C=O) groups is 1. The summed E-state index contributed by atoms with van der Waals surface area (Å²) in [5.41, 5.74) is 8.31. The second kappa shape index (κ2) is 9.27. The van der Waals surface area contributed by atoms with Crippen LogP contribution in [-0.2, 0) is 11.2 Å². The van der Waals surface area contributed by atoms with Gasteiger partial charge in [-0.15, -0.1) is 0 Å². The van der Waals surface area contributed by atoms with E-state index >= 15 is 0 Å². The number of aromatic nitrogens is 1. The van der Waals surface area contributed by atoms with E-state index in [9.17, 15) is 13.4 Å². The Morgan fingerprint density at radius 3 is 2.09 bits per heavy atom. The predicted octanol–water partition coefficient (Wildman–Crippen LogP) is 6.19.